The second-order valence-corrected chi connectivity index (χ2v) is 3.76. The second-order valence-electron chi connectivity index (χ2n) is 3.76. The van der Waals surface area contributed by atoms with E-state index in [9.17, 15) is 4.79 Å². The predicted molar refractivity (Wildman–Crippen MR) is 50.3 cm³/mol. The summed E-state index contributed by atoms with van der Waals surface area (Å²) in [6, 6.07) is 0.515. The zero-order valence-electron chi connectivity index (χ0n) is 8.29. The minimum atomic E-state index is 0.0866. The molecule has 0 aromatic rings. The number of piperazine rings is 1. The highest BCUT2D eigenvalue weighted by molar-refractivity contribution is 5.79. The summed E-state index contributed by atoms with van der Waals surface area (Å²) in [5.74, 6) is 0.0866. The first-order valence-corrected chi connectivity index (χ1v) is 4.77. The van der Waals surface area contributed by atoms with Crippen LogP contribution in [0.2, 0.25) is 0 Å². The normalized spacial score (nSPS) is 27.0. The van der Waals surface area contributed by atoms with Gasteiger partial charge >= 0.3 is 0 Å². The SMILES string of the molecule is CC1CN(C(C)CCO)CC(=O)N1. The molecule has 0 saturated carbocycles. The maximum absolute atomic E-state index is 11.2. The second kappa shape index (κ2) is 4.58. The van der Waals surface area contributed by atoms with Gasteiger partial charge in [-0.3, -0.25) is 9.69 Å². The van der Waals surface area contributed by atoms with E-state index in [1.54, 1.807) is 0 Å². The van der Waals surface area contributed by atoms with Crippen LogP contribution in [0.5, 0.6) is 0 Å². The van der Waals surface area contributed by atoms with Crippen molar-refractivity contribution in [1.29, 1.82) is 0 Å². The molecule has 1 aliphatic rings. The molecule has 0 bridgehead atoms. The minimum Gasteiger partial charge on any atom is -0.396 e. The summed E-state index contributed by atoms with van der Waals surface area (Å²) in [7, 11) is 0. The van der Waals surface area contributed by atoms with Gasteiger partial charge in [-0.05, 0) is 20.3 Å². The van der Waals surface area contributed by atoms with Crippen molar-refractivity contribution >= 4 is 5.91 Å². The van der Waals surface area contributed by atoms with Gasteiger partial charge in [-0.25, -0.2) is 0 Å². The lowest BCUT2D eigenvalue weighted by atomic mass is 10.1. The minimum absolute atomic E-state index is 0.0866. The molecule has 4 heteroatoms. The standard InChI is InChI=1S/C9H18N2O2/c1-7-5-11(6-9(13)10-7)8(2)3-4-12/h7-8,12H,3-6H2,1-2H3,(H,10,13). The molecular formula is C9H18N2O2. The number of rotatable bonds is 3. The third-order valence-corrected chi connectivity index (χ3v) is 2.43. The fraction of sp³-hybridized carbons (Fsp3) is 0.889. The van der Waals surface area contributed by atoms with Gasteiger partial charge in [-0.1, -0.05) is 0 Å². The third kappa shape index (κ3) is 2.97. The highest BCUT2D eigenvalue weighted by atomic mass is 16.3. The Morgan fingerprint density at radius 2 is 2.46 bits per heavy atom. The van der Waals surface area contributed by atoms with Gasteiger partial charge in [-0.2, -0.15) is 0 Å². The van der Waals surface area contributed by atoms with E-state index < -0.39 is 0 Å². The topological polar surface area (TPSA) is 52.6 Å². The van der Waals surface area contributed by atoms with Crippen LogP contribution < -0.4 is 5.32 Å². The van der Waals surface area contributed by atoms with Gasteiger partial charge in [-0.15, -0.1) is 0 Å². The number of amides is 1. The van der Waals surface area contributed by atoms with E-state index >= 15 is 0 Å². The van der Waals surface area contributed by atoms with E-state index in [0.717, 1.165) is 13.0 Å². The zero-order valence-corrected chi connectivity index (χ0v) is 8.29. The predicted octanol–water partition coefficient (Wildman–Crippen LogP) is -0.422. The third-order valence-electron chi connectivity index (χ3n) is 2.43. The molecule has 1 fully saturated rings. The lowest BCUT2D eigenvalue weighted by Gasteiger charge is -2.35. The summed E-state index contributed by atoms with van der Waals surface area (Å²) >= 11 is 0. The summed E-state index contributed by atoms with van der Waals surface area (Å²) in [6.07, 6.45) is 0.736. The first kappa shape index (κ1) is 10.5. The van der Waals surface area contributed by atoms with Crippen LogP contribution in [0.3, 0.4) is 0 Å². The maximum atomic E-state index is 11.2. The van der Waals surface area contributed by atoms with Crippen molar-refractivity contribution in [2.24, 2.45) is 0 Å². The Hall–Kier alpha value is -0.610. The molecule has 1 heterocycles. The van der Waals surface area contributed by atoms with Gasteiger partial charge in [0.25, 0.3) is 0 Å². The van der Waals surface area contributed by atoms with Crippen LogP contribution in [0.25, 0.3) is 0 Å². The fourth-order valence-electron chi connectivity index (χ4n) is 1.67. The molecule has 4 nitrogen and oxygen atoms in total. The zero-order chi connectivity index (χ0) is 9.84. The van der Waals surface area contributed by atoms with Crippen molar-refractivity contribution in [2.45, 2.75) is 32.4 Å². The number of hydrogen-bond donors (Lipinski definition) is 2. The quantitative estimate of drug-likeness (QED) is 0.629. The summed E-state index contributed by atoms with van der Waals surface area (Å²) < 4.78 is 0. The Balaban J connectivity index is 2.44. The molecule has 1 aliphatic heterocycles. The number of carbonyl (C=O) groups is 1. The first-order chi connectivity index (χ1) is 6.13. The number of aliphatic hydroxyl groups excluding tert-OH is 1. The van der Waals surface area contributed by atoms with Gasteiger partial charge in [0.2, 0.25) is 5.91 Å². The Morgan fingerprint density at radius 1 is 1.77 bits per heavy atom. The highest BCUT2D eigenvalue weighted by Crippen LogP contribution is 2.07. The van der Waals surface area contributed by atoms with E-state index in [1.165, 1.54) is 0 Å². The Kier molecular flexibility index (Phi) is 3.69. The molecule has 0 aliphatic carbocycles. The molecule has 1 saturated heterocycles. The van der Waals surface area contributed by atoms with Crippen LogP contribution >= 0.6 is 0 Å². The Labute approximate surface area is 78.9 Å². The molecule has 2 N–H and O–H groups in total. The summed E-state index contributed by atoms with van der Waals surface area (Å²) in [5.41, 5.74) is 0. The molecular weight excluding hydrogens is 168 g/mol. The molecule has 76 valence electrons. The summed E-state index contributed by atoms with van der Waals surface area (Å²) in [4.78, 5) is 13.3. The van der Waals surface area contributed by atoms with E-state index in [2.05, 4.69) is 10.2 Å². The summed E-state index contributed by atoms with van der Waals surface area (Å²) in [6.45, 7) is 5.57. The molecule has 2 atom stereocenters. The first-order valence-electron chi connectivity index (χ1n) is 4.77. The van der Waals surface area contributed by atoms with Gasteiger partial charge < -0.3 is 10.4 Å². The molecule has 0 aromatic carbocycles. The monoisotopic (exact) mass is 186 g/mol. The van der Waals surface area contributed by atoms with E-state index in [0.29, 0.717) is 12.6 Å². The van der Waals surface area contributed by atoms with Crippen molar-refractivity contribution in [2.75, 3.05) is 19.7 Å². The Bertz CT molecular complexity index is 184. The number of nitrogens with zero attached hydrogens (tertiary/aromatic N) is 1. The fourth-order valence-corrected chi connectivity index (χ4v) is 1.67. The van der Waals surface area contributed by atoms with Gasteiger partial charge in [0.05, 0.1) is 6.54 Å². The van der Waals surface area contributed by atoms with E-state index in [4.69, 9.17) is 5.11 Å². The van der Waals surface area contributed by atoms with E-state index in [-0.39, 0.29) is 18.6 Å². The molecule has 13 heavy (non-hydrogen) atoms. The molecule has 0 aromatic heterocycles. The average molecular weight is 186 g/mol. The number of carbonyl (C=O) groups excluding carboxylic acids is 1. The van der Waals surface area contributed by atoms with Gasteiger partial charge in [0, 0.05) is 25.2 Å². The molecule has 1 rings (SSSR count). The number of aliphatic hydroxyl groups is 1. The molecule has 2 unspecified atom stereocenters. The van der Waals surface area contributed by atoms with Crippen molar-refractivity contribution < 1.29 is 9.90 Å². The van der Waals surface area contributed by atoms with Crippen molar-refractivity contribution in [3.8, 4) is 0 Å². The largest absolute Gasteiger partial charge is 0.396 e. The molecule has 0 radical (unpaired) electrons. The molecule has 0 spiro atoms. The summed E-state index contributed by atoms with van der Waals surface area (Å²) in [5, 5.41) is 11.6. The maximum Gasteiger partial charge on any atom is 0.234 e. The van der Waals surface area contributed by atoms with Gasteiger partial charge in [0.1, 0.15) is 0 Å². The Morgan fingerprint density at radius 3 is 3.00 bits per heavy atom. The van der Waals surface area contributed by atoms with Crippen molar-refractivity contribution in [1.82, 2.24) is 10.2 Å². The van der Waals surface area contributed by atoms with Crippen LogP contribution in [0, 0.1) is 0 Å². The molecule has 1 amide bonds. The average Bonchev–Trinajstić information content (AvgIpc) is 2.03. The van der Waals surface area contributed by atoms with Crippen LogP contribution in [0.1, 0.15) is 20.3 Å². The van der Waals surface area contributed by atoms with Gasteiger partial charge in [0.15, 0.2) is 0 Å². The lowest BCUT2D eigenvalue weighted by molar-refractivity contribution is -0.126. The van der Waals surface area contributed by atoms with E-state index in [1.807, 2.05) is 13.8 Å². The van der Waals surface area contributed by atoms with Crippen molar-refractivity contribution in [3.63, 3.8) is 0 Å². The van der Waals surface area contributed by atoms with Crippen LogP contribution in [-0.4, -0.2) is 47.7 Å². The van der Waals surface area contributed by atoms with Crippen LogP contribution in [0.15, 0.2) is 0 Å². The number of nitrogens with one attached hydrogen (secondary N) is 1. The van der Waals surface area contributed by atoms with Crippen molar-refractivity contribution in [3.05, 3.63) is 0 Å². The lowest BCUT2D eigenvalue weighted by Crippen LogP contribution is -2.55. The highest BCUT2D eigenvalue weighted by Gasteiger charge is 2.24. The van der Waals surface area contributed by atoms with Crippen LogP contribution in [-0.2, 0) is 4.79 Å². The smallest absolute Gasteiger partial charge is 0.234 e. The van der Waals surface area contributed by atoms with Crippen LogP contribution in [0.4, 0.5) is 0 Å². The number of hydrogen-bond acceptors (Lipinski definition) is 3.